The lowest BCUT2D eigenvalue weighted by molar-refractivity contribution is -0.274. The molecular formula is C9H5BrClF3O2. The van der Waals surface area contributed by atoms with E-state index in [0.29, 0.717) is 0 Å². The predicted molar refractivity (Wildman–Crippen MR) is 55.8 cm³/mol. The fraction of sp³-hybridized carbons (Fsp3) is 0.222. The lowest BCUT2D eigenvalue weighted by Gasteiger charge is -2.13. The Kier molecular flexibility index (Phi) is 3.85. The number of carbonyl (C=O) groups excluding carboxylic acids is 1. The molecule has 0 spiro atoms. The van der Waals surface area contributed by atoms with E-state index in [2.05, 4.69) is 20.7 Å². The number of Topliss-reactive ketones (excluding diaryl/α,β-unsaturated/α-hetero) is 1. The quantitative estimate of drug-likeness (QED) is 0.764. The van der Waals surface area contributed by atoms with Crippen LogP contribution in [0.1, 0.15) is 17.3 Å². The highest BCUT2D eigenvalue weighted by Gasteiger charge is 2.33. The maximum Gasteiger partial charge on any atom is 0.573 e. The molecular weight excluding hydrogens is 312 g/mol. The summed E-state index contributed by atoms with van der Waals surface area (Å²) in [6.45, 7) is 1.12. The third kappa shape index (κ3) is 3.12. The van der Waals surface area contributed by atoms with Gasteiger partial charge in [-0.15, -0.1) is 13.2 Å². The molecule has 0 aliphatic carbocycles. The van der Waals surface area contributed by atoms with Gasteiger partial charge in [-0.2, -0.15) is 0 Å². The number of alkyl halides is 3. The maximum atomic E-state index is 12.0. The van der Waals surface area contributed by atoms with Gasteiger partial charge in [0, 0.05) is 0 Å². The first-order valence-corrected chi connectivity index (χ1v) is 5.14. The Hall–Kier alpha value is -0.750. The van der Waals surface area contributed by atoms with Crippen LogP contribution >= 0.6 is 27.5 Å². The SMILES string of the molecule is CC(=O)c1c(OC(F)(F)F)ccc(Cl)c1Br. The molecule has 0 amide bonds. The van der Waals surface area contributed by atoms with Crippen molar-refractivity contribution in [3.8, 4) is 5.75 Å². The van der Waals surface area contributed by atoms with Gasteiger partial charge in [0.15, 0.2) is 5.78 Å². The van der Waals surface area contributed by atoms with Crippen LogP contribution in [0, 0.1) is 0 Å². The first-order valence-electron chi connectivity index (χ1n) is 3.97. The average Bonchev–Trinajstić information content (AvgIpc) is 2.08. The molecule has 16 heavy (non-hydrogen) atoms. The zero-order valence-electron chi connectivity index (χ0n) is 7.86. The number of hydrogen-bond acceptors (Lipinski definition) is 2. The van der Waals surface area contributed by atoms with Crippen LogP contribution in [0.2, 0.25) is 5.02 Å². The van der Waals surface area contributed by atoms with Crippen LogP contribution in [-0.2, 0) is 0 Å². The molecule has 0 aliphatic heterocycles. The molecule has 1 rings (SSSR count). The van der Waals surface area contributed by atoms with Crippen molar-refractivity contribution in [2.75, 3.05) is 0 Å². The number of halogens is 5. The van der Waals surface area contributed by atoms with Crippen molar-refractivity contribution in [2.24, 2.45) is 0 Å². The summed E-state index contributed by atoms with van der Waals surface area (Å²) in [5.41, 5.74) is -0.232. The van der Waals surface area contributed by atoms with E-state index in [4.69, 9.17) is 11.6 Å². The third-order valence-corrected chi connectivity index (χ3v) is 3.00. The van der Waals surface area contributed by atoms with Crippen molar-refractivity contribution in [3.63, 3.8) is 0 Å². The maximum absolute atomic E-state index is 12.0. The third-order valence-electron chi connectivity index (χ3n) is 1.63. The fourth-order valence-corrected chi connectivity index (χ4v) is 1.83. The summed E-state index contributed by atoms with van der Waals surface area (Å²) in [5.74, 6) is -1.15. The summed E-state index contributed by atoms with van der Waals surface area (Å²) in [5, 5.41) is 0.139. The van der Waals surface area contributed by atoms with Crippen molar-refractivity contribution in [1.82, 2.24) is 0 Å². The molecule has 1 aromatic rings. The topological polar surface area (TPSA) is 26.3 Å². The van der Waals surface area contributed by atoms with Crippen LogP contribution in [0.25, 0.3) is 0 Å². The summed E-state index contributed by atoms with van der Waals surface area (Å²) in [6.07, 6.45) is -4.85. The lowest BCUT2D eigenvalue weighted by Crippen LogP contribution is -2.19. The Morgan fingerprint density at radius 2 is 2.00 bits per heavy atom. The van der Waals surface area contributed by atoms with Crippen LogP contribution in [-0.4, -0.2) is 12.1 Å². The van der Waals surface area contributed by atoms with E-state index in [1.54, 1.807) is 0 Å². The first kappa shape index (κ1) is 13.3. The molecule has 0 fully saturated rings. The second-order valence-corrected chi connectivity index (χ2v) is 4.04. The summed E-state index contributed by atoms with van der Waals surface area (Å²) in [4.78, 5) is 11.2. The van der Waals surface area contributed by atoms with Crippen LogP contribution < -0.4 is 4.74 Å². The fourth-order valence-electron chi connectivity index (χ4n) is 1.07. The zero-order chi connectivity index (χ0) is 12.5. The molecule has 0 unspecified atom stereocenters. The Morgan fingerprint density at radius 3 is 2.44 bits per heavy atom. The molecule has 2 nitrogen and oxygen atoms in total. The Bertz CT molecular complexity index is 431. The van der Waals surface area contributed by atoms with Crippen molar-refractivity contribution in [3.05, 3.63) is 27.2 Å². The minimum absolute atomic E-state index is 0.0865. The standard InChI is InChI=1S/C9H5BrClF3O2/c1-4(15)7-6(16-9(12,13)14)3-2-5(11)8(7)10/h2-3H,1H3. The monoisotopic (exact) mass is 316 g/mol. The molecule has 0 atom stereocenters. The van der Waals surface area contributed by atoms with Gasteiger partial charge in [-0.25, -0.2) is 0 Å². The minimum Gasteiger partial charge on any atom is -0.405 e. The molecule has 0 saturated heterocycles. The van der Waals surface area contributed by atoms with Crippen LogP contribution in [0.4, 0.5) is 13.2 Å². The number of carbonyl (C=O) groups is 1. The van der Waals surface area contributed by atoms with Crippen molar-refractivity contribution < 1.29 is 22.7 Å². The molecule has 88 valence electrons. The molecule has 0 radical (unpaired) electrons. The van der Waals surface area contributed by atoms with Gasteiger partial charge in [0.1, 0.15) is 5.75 Å². The highest BCUT2D eigenvalue weighted by atomic mass is 79.9. The lowest BCUT2D eigenvalue weighted by atomic mass is 10.1. The Balaban J connectivity index is 3.29. The van der Waals surface area contributed by atoms with Gasteiger partial charge < -0.3 is 4.74 Å². The molecule has 7 heteroatoms. The van der Waals surface area contributed by atoms with Gasteiger partial charge in [0.25, 0.3) is 0 Å². The number of rotatable bonds is 2. The average molecular weight is 317 g/mol. The van der Waals surface area contributed by atoms with Gasteiger partial charge >= 0.3 is 6.36 Å². The zero-order valence-corrected chi connectivity index (χ0v) is 10.2. The summed E-state index contributed by atoms with van der Waals surface area (Å²) >= 11 is 8.60. The normalized spacial score (nSPS) is 11.4. The number of ketones is 1. The molecule has 1 aromatic carbocycles. The van der Waals surface area contributed by atoms with E-state index >= 15 is 0 Å². The second-order valence-electron chi connectivity index (χ2n) is 2.84. The van der Waals surface area contributed by atoms with Gasteiger partial charge in [-0.3, -0.25) is 4.79 Å². The van der Waals surface area contributed by atoms with E-state index in [-0.39, 0.29) is 15.1 Å². The molecule has 0 N–H and O–H groups in total. The highest BCUT2D eigenvalue weighted by Crippen LogP contribution is 2.36. The van der Waals surface area contributed by atoms with E-state index in [1.807, 2.05) is 0 Å². The molecule has 0 heterocycles. The first-order chi connectivity index (χ1) is 7.22. The summed E-state index contributed by atoms with van der Waals surface area (Å²) in [7, 11) is 0. The van der Waals surface area contributed by atoms with Crippen molar-refractivity contribution in [2.45, 2.75) is 13.3 Å². The smallest absolute Gasteiger partial charge is 0.405 e. The molecule has 0 bridgehead atoms. The van der Waals surface area contributed by atoms with E-state index in [1.165, 1.54) is 6.07 Å². The van der Waals surface area contributed by atoms with E-state index < -0.39 is 17.9 Å². The summed E-state index contributed by atoms with van der Waals surface area (Å²) < 4.78 is 39.9. The molecule has 0 saturated carbocycles. The molecule has 0 aromatic heterocycles. The van der Waals surface area contributed by atoms with Crippen molar-refractivity contribution >= 4 is 33.3 Å². The minimum atomic E-state index is -4.85. The number of benzene rings is 1. The number of ether oxygens (including phenoxy) is 1. The largest absolute Gasteiger partial charge is 0.573 e. The van der Waals surface area contributed by atoms with E-state index in [0.717, 1.165) is 13.0 Å². The predicted octanol–water partition coefficient (Wildman–Crippen LogP) is 4.20. The highest BCUT2D eigenvalue weighted by molar-refractivity contribution is 9.10. The van der Waals surface area contributed by atoms with Gasteiger partial charge in [-0.05, 0) is 35.0 Å². The number of hydrogen-bond donors (Lipinski definition) is 0. The van der Waals surface area contributed by atoms with Crippen molar-refractivity contribution in [1.29, 1.82) is 0 Å². The van der Waals surface area contributed by atoms with Crippen LogP contribution in [0.15, 0.2) is 16.6 Å². The Morgan fingerprint density at radius 1 is 1.44 bits per heavy atom. The Labute approximate surface area is 102 Å². The van der Waals surface area contributed by atoms with Crippen LogP contribution in [0.5, 0.6) is 5.75 Å². The second kappa shape index (κ2) is 4.63. The van der Waals surface area contributed by atoms with Gasteiger partial charge in [0.2, 0.25) is 0 Å². The van der Waals surface area contributed by atoms with Gasteiger partial charge in [0.05, 0.1) is 15.1 Å². The summed E-state index contributed by atoms with van der Waals surface area (Å²) in [6, 6.07) is 2.20. The van der Waals surface area contributed by atoms with E-state index in [9.17, 15) is 18.0 Å². The van der Waals surface area contributed by atoms with Gasteiger partial charge in [-0.1, -0.05) is 11.6 Å². The molecule has 0 aliphatic rings. The van der Waals surface area contributed by atoms with Crippen LogP contribution in [0.3, 0.4) is 0 Å².